The number of rotatable bonds is 10. The maximum Gasteiger partial charge on any atom is 0.162 e. The smallest absolute Gasteiger partial charge is 0.162 e. The highest BCUT2D eigenvalue weighted by atomic mass is 16.3. The van der Waals surface area contributed by atoms with Crippen LogP contribution in [0, 0.1) is 11.8 Å². The lowest BCUT2D eigenvalue weighted by molar-refractivity contribution is -0.00796. The molecule has 3 heterocycles. The van der Waals surface area contributed by atoms with Gasteiger partial charge in [0.15, 0.2) is 5.82 Å². The molecule has 0 amide bonds. The van der Waals surface area contributed by atoms with Crippen LogP contribution in [-0.4, -0.2) is 58.7 Å². The van der Waals surface area contributed by atoms with Crippen molar-refractivity contribution in [3.63, 3.8) is 0 Å². The third-order valence-corrected chi connectivity index (χ3v) is 14.0. The number of aromatic nitrogens is 3. The Bertz CT molecular complexity index is 3550. The summed E-state index contributed by atoms with van der Waals surface area (Å²) >= 11 is 0. The monoisotopic (exact) mass is 886 g/mol. The second-order valence-corrected chi connectivity index (χ2v) is 18.5. The summed E-state index contributed by atoms with van der Waals surface area (Å²) in [6.07, 6.45) is 10.1. The minimum atomic E-state index is -0.419. The Morgan fingerprint density at radius 2 is 1.40 bits per heavy atom. The van der Waals surface area contributed by atoms with Gasteiger partial charge >= 0.3 is 0 Å². The van der Waals surface area contributed by atoms with E-state index in [0.29, 0.717) is 17.7 Å². The van der Waals surface area contributed by atoms with Crippen molar-refractivity contribution in [2.24, 2.45) is 16.8 Å². The number of para-hydroxylation sites is 2. The van der Waals surface area contributed by atoms with E-state index in [9.17, 15) is 0 Å². The maximum absolute atomic E-state index is 6.86. The molecular formula is C61H54N6O. The third kappa shape index (κ3) is 7.83. The molecule has 7 nitrogen and oxygen atoms in total. The van der Waals surface area contributed by atoms with Gasteiger partial charge in [0.2, 0.25) is 0 Å². The van der Waals surface area contributed by atoms with E-state index in [1.807, 2.05) is 42.6 Å². The summed E-state index contributed by atoms with van der Waals surface area (Å²) in [6.45, 7) is 3.12. The quantitative estimate of drug-likeness (QED) is 0.101. The second-order valence-electron chi connectivity index (χ2n) is 18.5. The first-order chi connectivity index (χ1) is 33.3. The van der Waals surface area contributed by atoms with Crippen LogP contribution in [0.5, 0.6) is 0 Å². The van der Waals surface area contributed by atoms with Crippen molar-refractivity contribution >= 4 is 55.5 Å². The summed E-state index contributed by atoms with van der Waals surface area (Å²) in [7, 11) is 8.33. The van der Waals surface area contributed by atoms with Gasteiger partial charge in [-0.1, -0.05) is 164 Å². The van der Waals surface area contributed by atoms with Gasteiger partial charge in [0.25, 0.3) is 0 Å². The fourth-order valence-corrected chi connectivity index (χ4v) is 10.0. The molecule has 1 fully saturated rings. The molecule has 0 saturated heterocycles. The van der Waals surface area contributed by atoms with Crippen LogP contribution < -0.4 is 0 Å². The lowest BCUT2D eigenvalue weighted by Gasteiger charge is -2.45. The molecule has 68 heavy (non-hydrogen) atoms. The number of aliphatic imine (C=N–C) groups is 1. The second kappa shape index (κ2) is 17.8. The first-order valence-corrected chi connectivity index (χ1v) is 23.5. The van der Waals surface area contributed by atoms with E-state index in [0.717, 1.165) is 89.6 Å². The van der Waals surface area contributed by atoms with E-state index < -0.39 is 5.66 Å². The number of allylic oxidation sites excluding steroid dienone is 4. The van der Waals surface area contributed by atoms with Crippen molar-refractivity contribution in [2.45, 2.75) is 25.6 Å². The minimum absolute atomic E-state index is 0.419. The van der Waals surface area contributed by atoms with E-state index >= 15 is 0 Å². The molecule has 334 valence electrons. The van der Waals surface area contributed by atoms with Crippen LogP contribution in [0.3, 0.4) is 0 Å². The fraction of sp³-hybridized carbons (Fsp3) is 0.164. The van der Waals surface area contributed by atoms with E-state index in [1.165, 1.54) is 17.5 Å². The zero-order valence-corrected chi connectivity index (χ0v) is 39.2. The number of hydrogen-bond acceptors (Lipinski definition) is 6. The van der Waals surface area contributed by atoms with Crippen LogP contribution in [0.4, 0.5) is 0 Å². The van der Waals surface area contributed by atoms with E-state index in [2.05, 4.69) is 205 Å². The lowest BCUT2D eigenvalue weighted by atomic mass is 9.92. The summed E-state index contributed by atoms with van der Waals surface area (Å²) in [6, 6.07) is 61.8. The van der Waals surface area contributed by atoms with Crippen LogP contribution >= 0.6 is 0 Å². The summed E-state index contributed by atoms with van der Waals surface area (Å²) in [5.74, 6) is 2.76. The van der Waals surface area contributed by atoms with Crippen molar-refractivity contribution in [1.82, 2.24) is 24.3 Å². The topological polar surface area (TPSA) is 62.7 Å². The maximum atomic E-state index is 6.86. The number of hydrogen-bond donors (Lipinski definition) is 0. The molecule has 10 aromatic rings. The molecule has 1 saturated carbocycles. The molecule has 2 aliphatic rings. The predicted octanol–water partition coefficient (Wildman–Crippen LogP) is 14.0. The first-order valence-electron chi connectivity index (χ1n) is 23.5. The summed E-state index contributed by atoms with van der Waals surface area (Å²) in [5, 5.41) is 4.39. The molecule has 3 unspecified atom stereocenters. The van der Waals surface area contributed by atoms with Gasteiger partial charge in [0.05, 0.1) is 27.8 Å². The zero-order valence-electron chi connectivity index (χ0n) is 39.2. The van der Waals surface area contributed by atoms with Crippen molar-refractivity contribution in [2.75, 3.05) is 28.2 Å². The Kier molecular flexibility index (Phi) is 11.2. The third-order valence-electron chi connectivity index (χ3n) is 14.0. The average Bonchev–Trinajstić information content (AvgIpc) is 3.95. The molecule has 0 N–H and O–H groups in total. The van der Waals surface area contributed by atoms with Gasteiger partial charge in [-0.2, -0.15) is 0 Å². The summed E-state index contributed by atoms with van der Waals surface area (Å²) in [4.78, 5) is 19.3. The molecular weight excluding hydrogens is 833 g/mol. The van der Waals surface area contributed by atoms with Crippen LogP contribution in [0.1, 0.15) is 35.7 Å². The predicted molar refractivity (Wildman–Crippen MR) is 282 cm³/mol. The summed E-state index contributed by atoms with van der Waals surface area (Å²) < 4.78 is 9.22. The highest BCUT2D eigenvalue weighted by Gasteiger charge is 2.36. The van der Waals surface area contributed by atoms with Gasteiger partial charge in [0.1, 0.15) is 17.0 Å². The van der Waals surface area contributed by atoms with Gasteiger partial charge in [-0.05, 0) is 98.4 Å². The lowest BCUT2D eigenvalue weighted by Crippen LogP contribution is -2.51. The number of furan rings is 1. The van der Waals surface area contributed by atoms with Gasteiger partial charge in [-0.25, -0.2) is 9.97 Å². The molecule has 0 spiro atoms. The zero-order chi connectivity index (χ0) is 46.4. The highest BCUT2D eigenvalue weighted by Crippen LogP contribution is 2.48. The molecule has 3 atom stereocenters. The Labute approximate surface area is 398 Å². The molecule has 12 rings (SSSR count). The number of nitrogens with zero attached hydrogens (tertiary/aromatic N) is 6. The van der Waals surface area contributed by atoms with Gasteiger partial charge in [-0.3, -0.25) is 19.4 Å². The van der Waals surface area contributed by atoms with Crippen molar-refractivity contribution in [3.05, 3.63) is 217 Å². The largest absolute Gasteiger partial charge is 0.455 e. The highest BCUT2D eigenvalue weighted by molar-refractivity contribution is 6.27. The summed E-state index contributed by atoms with van der Waals surface area (Å²) in [5.41, 5.74) is 12.4. The van der Waals surface area contributed by atoms with Crippen LogP contribution in [-0.2, 0) is 12.2 Å². The Morgan fingerprint density at radius 1 is 0.706 bits per heavy atom. The SMILES string of the molecule is CN(C)C(C)(c1cccc(-c2cc3c4ccccc4oc3c3c4ccccc4n(-c4cc(C5=CC6CC6C=C5)nc(-c5ccccc5)n4)c23)c1)N(C)Cc1ccccc1.CN=Cc1ccccc1. The van der Waals surface area contributed by atoms with Gasteiger partial charge in [-0.15, -0.1) is 0 Å². The average molecular weight is 887 g/mol. The van der Waals surface area contributed by atoms with Crippen LogP contribution in [0.15, 0.2) is 204 Å². The molecule has 0 radical (unpaired) electrons. The van der Waals surface area contributed by atoms with Crippen molar-refractivity contribution in [3.8, 4) is 28.3 Å². The molecule has 0 aliphatic heterocycles. The standard InChI is InChI=1S/C53H45N5O.C8H9N/c1-53(56(2)3,57(4)33-34-16-7-5-8-17-34)40-21-15-20-37(30-40)43-31-44-41-22-12-14-25-47(41)59-51(44)49-42-23-11-13-24-46(42)58(50(43)49)48-32-45(38-27-26-36-28-39(36)29-38)54-52(55-48)35-18-9-6-10-19-35;1-9-7-8-5-3-2-4-6-8/h5-27,29-32,36,39H,28,33H2,1-4H3;2-7H,1H3. The van der Waals surface area contributed by atoms with Crippen molar-refractivity contribution in [1.29, 1.82) is 0 Å². The van der Waals surface area contributed by atoms with Crippen LogP contribution in [0.25, 0.3) is 77.7 Å². The molecule has 2 aliphatic carbocycles. The van der Waals surface area contributed by atoms with Gasteiger partial charge < -0.3 is 4.42 Å². The Hall–Kier alpha value is -7.71. The Morgan fingerprint density at radius 3 is 2.15 bits per heavy atom. The van der Waals surface area contributed by atoms with Crippen LogP contribution in [0.2, 0.25) is 0 Å². The molecule has 0 bridgehead atoms. The molecule has 3 aromatic heterocycles. The first kappa shape index (κ1) is 42.9. The fourth-order valence-electron chi connectivity index (χ4n) is 10.0. The number of fused-ring (bicyclic) bond motifs is 8. The normalized spacial score (nSPS) is 16.4. The molecule has 7 aromatic carbocycles. The van der Waals surface area contributed by atoms with Gasteiger partial charge in [0, 0.05) is 53.2 Å². The molecule has 7 heteroatoms. The Balaban J connectivity index is 0.000000508. The van der Waals surface area contributed by atoms with E-state index in [-0.39, 0.29) is 0 Å². The van der Waals surface area contributed by atoms with E-state index in [1.54, 1.807) is 7.05 Å². The van der Waals surface area contributed by atoms with E-state index in [4.69, 9.17) is 14.4 Å². The number of benzene rings is 7. The van der Waals surface area contributed by atoms with Crippen molar-refractivity contribution < 1.29 is 4.42 Å². The minimum Gasteiger partial charge on any atom is -0.455 e.